The Balaban J connectivity index is 2.38. The molecule has 0 aliphatic carbocycles. The van der Waals surface area contributed by atoms with Gasteiger partial charge in [0.2, 0.25) is 0 Å². The quantitative estimate of drug-likeness (QED) is 0.343. The number of fused-ring (bicyclic) bond motifs is 1. The van der Waals surface area contributed by atoms with Gasteiger partial charge < -0.3 is 24.5 Å². The summed E-state index contributed by atoms with van der Waals surface area (Å²) in [5.74, 6) is -3.14. The van der Waals surface area contributed by atoms with E-state index in [0.29, 0.717) is 6.42 Å². The fraction of sp³-hybridized carbons (Fsp3) is 0.542. The molecule has 1 heterocycles. The SMILES string of the molecule is CCOC(=O)C(C(=O)OCC)C(C)C(Cc1c[nH]c2ccccc12)NC(=O)OC(C)(C)C. The van der Waals surface area contributed by atoms with Crippen LogP contribution in [0.25, 0.3) is 10.9 Å². The van der Waals surface area contributed by atoms with E-state index in [-0.39, 0.29) is 13.2 Å². The third-order valence-electron chi connectivity index (χ3n) is 5.06. The number of para-hydroxylation sites is 1. The first-order valence-corrected chi connectivity index (χ1v) is 10.9. The lowest BCUT2D eigenvalue weighted by molar-refractivity contribution is -0.164. The maximum absolute atomic E-state index is 12.7. The summed E-state index contributed by atoms with van der Waals surface area (Å²) in [6, 6.07) is 7.20. The van der Waals surface area contributed by atoms with Gasteiger partial charge in [0.05, 0.1) is 13.2 Å². The zero-order valence-electron chi connectivity index (χ0n) is 19.7. The van der Waals surface area contributed by atoms with Gasteiger partial charge in [-0.2, -0.15) is 0 Å². The molecular weight excluding hydrogens is 412 g/mol. The number of hydrogen-bond acceptors (Lipinski definition) is 6. The monoisotopic (exact) mass is 446 g/mol. The van der Waals surface area contributed by atoms with E-state index < -0.39 is 41.5 Å². The topological polar surface area (TPSA) is 107 Å². The van der Waals surface area contributed by atoms with E-state index in [1.165, 1.54) is 0 Å². The summed E-state index contributed by atoms with van der Waals surface area (Å²) < 4.78 is 15.7. The maximum Gasteiger partial charge on any atom is 0.407 e. The Morgan fingerprint density at radius 2 is 1.62 bits per heavy atom. The normalized spacial score (nSPS) is 13.5. The van der Waals surface area contributed by atoms with Gasteiger partial charge in [-0.05, 0) is 52.7 Å². The highest BCUT2D eigenvalue weighted by atomic mass is 16.6. The Kier molecular flexibility index (Phi) is 8.69. The third kappa shape index (κ3) is 6.73. The molecule has 2 unspecified atom stereocenters. The van der Waals surface area contributed by atoms with Gasteiger partial charge in [-0.15, -0.1) is 0 Å². The van der Waals surface area contributed by atoms with Crippen molar-refractivity contribution in [3.8, 4) is 0 Å². The van der Waals surface area contributed by atoms with E-state index in [2.05, 4.69) is 10.3 Å². The molecule has 32 heavy (non-hydrogen) atoms. The zero-order chi connectivity index (χ0) is 23.9. The predicted octanol–water partition coefficient (Wildman–Crippen LogP) is 3.98. The predicted molar refractivity (Wildman–Crippen MR) is 121 cm³/mol. The lowest BCUT2D eigenvalue weighted by Crippen LogP contribution is -2.49. The number of ether oxygens (including phenoxy) is 3. The van der Waals surface area contributed by atoms with Crippen LogP contribution in [0.3, 0.4) is 0 Å². The van der Waals surface area contributed by atoms with Gasteiger partial charge >= 0.3 is 18.0 Å². The van der Waals surface area contributed by atoms with E-state index in [4.69, 9.17) is 14.2 Å². The summed E-state index contributed by atoms with van der Waals surface area (Å²) in [6.45, 7) is 10.7. The maximum atomic E-state index is 12.7. The van der Waals surface area contributed by atoms with Gasteiger partial charge in [-0.1, -0.05) is 25.1 Å². The summed E-state index contributed by atoms with van der Waals surface area (Å²) in [6.07, 6.45) is 1.62. The van der Waals surface area contributed by atoms with Gasteiger partial charge in [0.25, 0.3) is 0 Å². The number of esters is 2. The molecule has 0 saturated heterocycles. The molecule has 0 radical (unpaired) electrons. The van der Waals surface area contributed by atoms with Crippen LogP contribution < -0.4 is 5.32 Å². The Morgan fingerprint density at radius 3 is 2.19 bits per heavy atom. The molecule has 0 saturated carbocycles. The molecule has 1 amide bonds. The number of benzene rings is 1. The standard InChI is InChI=1S/C24H34N2O6/c1-7-30-21(27)20(22(28)31-8-2)15(3)19(26-23(29)32-24(4,5)6)13-16-14-25-18-12-10-9-11-17(16)18/h9-12,14-15,19-20,25H,7-8,13H2,1-6H3,(H,26,29). The first-order valence-electron chi connectivity index (χ1n) is 10.9. The molecule has 2 atom stereocenters. The number of aromatic nitrogens is 1. The molecule has 2 N–H and O–H groups in total. The number of carbonyl (C=O) groups is 3. The molecule has 1 aromatic carbocycles. The molecule has 0 bridgehead atoms. The van der Waals surface area contributed by atoms with Gasteiger partial charge in [0.15, 0.2) is 5.92 Å². The minimum Gasteiger partial charge on any atom is -0.465 e. The molecule has 8 heteroatoms. The summed E-state index contributed by atoms with van der Waals surface area (Å²) in [4.78, 5) is 41.1. The van der Waals surface area contributed by atoms with Crippen LogP contribution in [-0.4, -0.2) is 47.9 Å². The van der Waals surface area contributed by atoms with Gasteiger partial charge in [0.1, 0.15) is 5.60 Å². The number of H-pyrrole nitrogens is 1. The number of nitrogens with one attached hydrogen (secondary N) is 2. The number of rotatable bonds is 9. The average molecular weight is 447 g/mol. The van der Waals surface area contributed by atoms with Crippen LogP contribution >= 0.6 is 0 Å². The highest BCUT2D eigenvalue weighted by molar-refractivity contribution is 5.95. The second-order valence-corrected chi connectivity index (χ2v) is 8.66. The van der Waals surface area contributed by atoms with Crippen LogP contribution in [-0.2, 0) is 30.2 Å². The van der Waals surface area contributed by atoms with Crippen LogP contribution in [0.4, 0.5) is 4.79 Å². The highest BCUT2D eigenvalue weighted by Gasteiger charge is 2.40. The Hall–Kier alpha value is -3.03. The van der Waals surface area contributed by atoms with Crippen LogP contribution in [0.1, 0.15) is 47.1 Å². The fourth-order valence-corrected chi connectivity index (χ4v) is 3.59. The van der Waals surface area contributed by atoms with E-state index in [1.54, 1.807) is 41.5 Å². The average Bonchev–Trinajstić information content (AvgIpc) is 3.09. The second kappa shape index (κ2) is 11.0. The van der Waals surface area contributed by atoms with E-state index >= 15 is 0 Å². The van der Waals surface area contributed by atoms with Crippen molar-refractivity contribution < 1.29 is 28.6 Å². The molecule has 1 aromatic heterocycles. The second-order valence-electron chi connectivity index (χ2n) is 8.66. The number of carbonyl (C=O) groups excluding carboxylic acids is 3. The van der Waals surface area contributed by atoms with Crippen molar-refractivity contribution in [3.05, 3.63) is 36.0 Å². The van der Waals surface area contributed by atoms with Crippen molar-refractivity contribution in [2.75, 3.05) is 13.2 Å². The van der Waals surface area contributed by atoms with Gasteiger partial charge in [-0.25, -0.2) is 4.79 Å². The van der Waals surface area contributed by atoms with Gasteiger partial charge in [0, 0.05) is 29.1 Å². The first-order chi connectivity index (χ1) is 15.1. The molecule has 176 valence electrons. The van der Waals surface area contributed by atoms with Crippen molar-refractivity contribution in [3.63, 3.8) is 0 Å². The van der Waals surface area contributed by atoms with E-state index in [1.807, 2.05) is 30.5 Å². The molecule has 0 aliphatic rings. The summed E-state index contributed by atoms with van der Waals surface area (Å²) in [5, 5.41) is 3.86. The van der Waals surface area contributed by atoms with Crippen molar-refractivity contribution in [1.82, 2.24) is 10.3 Å². The number of amides is 1. The van der Waals surface area contributed by atoms with Crippen LogP contribution in [0.5, 0.6) is 0 Å². The minimum absolute atomic E-state index is 0.133. The summed E-state index contributed by atoms with van der Waals surface area (Å²) in [5.41, 5.74) is 1.21. The van der Waals surface area contributed by atoms with Crippen LogP contribution in [0.15, 0.2) is 30.5 Å². The van der Waals surface area contributed by atoms with Crippen molar-refractivity contribution >= 4 is 28.9 Å². The smallest absolute Gasteiger partial charge is 0.407 e. The number of aromatic amines is 1. The lowest BCUT2D eigenvalue weighted by Gasteiger charge is -2.30. The molecule has 2 rings (SSSR count). The zero-order valence-corrected chi connectivity index (χ0v) is 19.7. The van der Waals surface area contributed by atoms with Crippen molar-refractivity contribution in [1.29, 1.82) is 0 Å². The molecule has 0 fully saturated rings. The Labute approximate surface area is 189 Å². The fourth-order valence-electron chi connectivity index (χ4n) is 3.59. The third-order valence-corrected chi connectivity index (χ3v) is 5.06. The van der Waals surface area contributed by atoms with Crippen molar-refractivity contribution in [2.24, 2.45) is 11.8 Å². The van der Waals surface area contributed by atoms with Crippen LogP contribution in [0, 0.1) is 11.8 Å². The number of alkyl carbamates (subject to hydrolysis) is 1. The minimum atomic E-state index is -1.18. The molecule has 8 nitrogen and oxygen atoms in total. The Morgan fingerprint density at radius 1 is 1.03 bits per heavy atom. The van der Waals surface area contributed by atoms with Gasteiger partial charge in [-0.3, -0.25) is 9.59 Å². The lowest BCUT2D eigenvalue weighted by atomic mass is 9.84. The Bertz CT molecular complexity index is 912. The highest BCUT2D eigenvalue weighted by Crippen LogP contribution is 2.26. The van der Waals surface area contributed by atoms with E-state index in [0.717, 1.165) is 16.5 Å². The summed E-state index contributed by atoms with van der Waals surface area (Å²) in [7, 11) is 0. The van der Waals surface area contributed by atoms with Crippen LogP contribution in [0.2, 0.25) is 0 Å². The summed E-state index contributed by atoms with van der Waals surface area (Å²) >= 11 is 0. The first kappa shape index (κ1) is 25.2. The molecule has 0 spiro atoms. The largest absolute Gasteiger partial charge is 0.465 e. The number of hydrogen-bond donors (Lipinski definition) is 2. The molecule has 0 aliphatic heterocycles. The molecular formula is C24H34N2O6. The van der Waals surface area contributed by atoms with E-state index in [9.17, 15) is 14.4 Å². The van der Waals surface area contributed by atoms with Crippen molar-refractivity contribution in [2.45, 2.75) is 59.6 Å². The molecule has 2 aromatic rings.